The molecule has 3 N–H and O–H groups in total. The van der Waals surface area contributed by atoms with E-state index in [4.69, 9.17) is 10.2 Å². The molecule has 28 heavy (non-hydrogen) atoms. The summed E-state index contributed by atoms with van der Waals surface area (Å²) in [6, 6.07) is 12.9. The molecule has 0 unspecified atom stereocenters. The highest BCUT2D eigenvalue weighted by Crippen LogP contribution is 2.17. The fraction of sp³-hybridized carbons (Fsp3) is 0.105. The van der Waals surface area contributed by atoms with Crippen molar-refractivity contribution in [2.75, 3.05) is 5.32 Å². The molecular weight excluding hydrogens is 364 g/mol. The molecule has 1 heterocycles. The first kappa shape index (κ1) is 18.8. The van der Waals surface area contributed by atoms with Crippen LogP contribution in [0.25, 0.3) is 0 Å². The predicted octanol–water partition coefficient (Wildman–Crippen LogP) is 2.28. The molecule has 2 aromatic carbocycles. The van der Waals surface area contributed by atoms with E-state index in [-0.39, 0.29) is 22.5 Å². The second-order valence-corrected chi connectivity index (χ2v) is 6.03. The third-order valence-corrected chi connectivity index (χ3v) is 4.06. The summed E-state index contributed by atoms with van der Waals surface area (Å²) in [5.74, 6) is -3.22. The van der Waals surface area contributed by atoms with Crippen molar-refractivity contribution in [3.05, 3.63) is 76.6 Å². The van der Waals surface area contributed by atoms with Crippen LogP contribution in [0, 0.1) is 6.92 Å². The van der Waals surface area contributed by atoms with Crippen molar-refractivity contribution in [3.63, 3.8) is 0 Å². The summed E-state index contributed by atoms with van der Waals surface area (Å²) in [7, 11) is 0. The van der Waals surface area contributed by atoms with Gasteiger partial charge < -0.3 is 15.5 Å². The van der Waals surface area contributed by atoms with Gasteiger partial charge in [0, 0.05) is 5.69 Å². The van der Waals surface area contributed by atoms with Crippen molar-refractivity contribution in [2.24, 2.45) is 0 Å². The maximum atomic E-state index is 12.5. The Bertz CT molecular complexity index is 1030. The van der Waals surface area contributed by atoms with Crippen molar-refractivity contribution < 1.29 is 24.6 Å². The van der Waals surface area contributed by atoms with Gasteiger partial charge in [0.25, 0.3) is 5.91 Å². The number of nitrogens with one attached hydrogen (secondary N) is 1. The highest BCUT2D eigenvalue weighted by Gasteiger charge is 2.18. The summed E-state index contributed by atoms with van der Waals surface area (Å²) >= 11 is 0. The van der Waals surface area contributed by atoms with Gasteiger partial charge in [0.15, 0.2) is 5.69 Å². The second kappa shape index (κ2) is 7.70. The number of rotatable bonds is 6. The van der Waals surface area contributed by atoms with Crippen LogP contribution in [0.3, 0.4) is 0 Å². The second-order valence-electron chi connectivity index (χ2n) is 6.03. The number of carbonyl (C=O) groups excluding carboxylic acids is 1. The van der Waals surface area contributed by atoms with E-state index < -0.39 is 17.8 Å². The van der Waals surface area contributed by atoms with Gasteiger partial charge in [-0.25, -0.2) is 14.3 Å². The maximum Gasteiger partial charge on any atom is 0.335 e. The largest absolute Gasteiger partial charge is 0.478 e. The van der Waals surface area contributed by atoms with Crippen molar-refractivity contribution in [3.8, 4) is 0 Å². The van der Waals surface area contributed by atoms with E-state index in [0.29, 0.717) is 12.2 Å². The average molecular weight is 380 g/mol. The van der Waals surface area contributed by atoms with E-state index in [0.717, 1.165) is 11.6 Å². The summed E-state index contributed by atoms with van der Waals surface area (Å²) in [4.78, 5) is 34.9. The number of aromatic nitrogens is 3. The number of carbonyl (C=O) groups is 3. The smallest absolute Gasteiger partial charge is 0.335 e. The molecule has 9 heteroatoms. The van der Waals surface area contributed by atoms with Crippen LogP contribution in [0.4, 0.5) is 5.69 Å². The summed E-state index contributed by atoms with van der Waals surface area (Å²) in [6.45, 7) is 2.12. The summed E-state index contributed by atoms with van der Waals surface area (Å²) in [5, 5.41) is 28.6. The van der Waals surface area contributed by atoms with Crippen LogP contribution in [0.15, 0.2) is 48.5 Å². The number of benzene rings is 2. The van der Waals surface area contributed by atoms with Crippen LogP contribution < -0.4 is 5.32 Å². The van der Waals surface area contributed by atoms with Gasteiger partial charge in [-0.3, -0.25) is 4.79 Å². The number of aromatic carboxylic acids is 2. The molecule has 0 aliphatic rings. The Hall–Kier alpha value is -4.01. The lowest BCUT2D eigenvalue weighted by Crippen LogP contribution is -2.15. The van der Waals surface area contributed by atoms with Gasteiger partial charge in [-0.05, 0) is 30.7 Å². The van der Waals surface area contributed by atoms with E-state index in [1.54, 1.807) is 11.6 Å². The van der Waals surface area contributed by atoms with Crippen LogP contribution in [-0.2, 0) is 6.54 Å². The highest BCUT2D eigenvalue weighted by atomic mass is 16.4. The van der Waals surface area contributed by atoms with Crippen LogP contribution in [-0.4, -0.2) is 43.1 Å². The molecule has 0 fully saturated rings. The Labute approximate surface area is 159 Å². The summed E-state index contributed by atoms with van der Waals surface area (Å²) in [5.41, 5.74) is 1.11. The number of hydrogen-bond donors (Lipinski definition) is 3. The zero-order valence-corrected chi connectivity index (χ0v) is 14.8. The van der Waals surface area contributed by atoms with Gasteiger partial charge in [-0.1, -0.05) is 35.5 Å². The molecule has 0 atom stereocenters. The number of carboxylic acids is 2. The zero-order valence-electron chi connectivity index (χ0n) is 14.8. The minimum absolute atomic E-state index is 0.0410. The lowest BCUT2D eigenvalue weighted by Gasteiger charge is -2.07. The number of anilines is 1. The molecule has 0 aliphatic heterocycles. The molecule has 0 saturated carbocycles. The lowest BCUT2D eigenvalue weighted by molar-refractivity contribution is 0.0696. The normalized spacial score (nSPS) is 10.5. The number of nitrogens with zero attached hydrogens (tertiary/aromatic N) is 3. The molecule has 3 aromatic rings. The fourth-order valence-corrected chi connectivity index (χ4v) is 2.61. The van der Waals surface area contributed by atoms with Gasteiger partial charge in [0.1, 0.15) is 0 Å². The first-order chi connectivity index (χ1) is 13.3. The Morgan fingerprint density at radius 2 is 1.61 bits per heavy atom. The Kier molecular flexibility index (Phi) is 5.16. The van der Waals surface area contributed by atoms with Crippen LogP contribution in [0.5, 0.6) is 0 Å². The van der Waals surface area contributed by atoms with Gasteiger partial charge in [0.2, 0.25) is 0 Å². The predicted molar refractivity (Wildman–Crippen MR) is 98.6 cm³/mol. The van der Waals surface area contributed by atoms with Gasteiger partial charge in [-0.2, -0.15) is 0 Å². The number of hydrogen-bond acceptors (Lipinski definition) is 5. The molecule has 0 spiro atoms. The van der Waals surface area contributed by atoms with Gasteiger partial charge in [0.05, 0.1) is 23.4 Å². The highest BCUT2D eigenvalue weighted by molar-refractivity contribution is 6.05. The standard InChI is InChI=1S/C19H16N4O5/c1-11-16(21-22-23(11)10-12-5-3-2-4-6-12)17(24)20-15-8-13(18(25)26)7-14(9-15)19(27)28/h2-9H,10H2,1H3,(H,20,24)(H,25,26)(H,27,28). The molecule has 0 bridgehead atoms. The molecule has 3 rings (SSSR count). The SMILES string of the molecule is Cc1c(C(=O)Nc2cc(C(=O)O)cc(C(=O)O)c2)nnn1Cc1ccccc1. The van der Waals surface area contributed by atoms with E-state index in [9.17, 15) is 14.4 Å². The Balaban J connectivity index is 1.84. The van der Waals surface area contributed by atoms with Crippen molar-refractivity contribution in [1.29, 1.82) is 0 Å². The quantitative estimate of drug-likeness (QED) is 0.597. The van der Waals surface area contributed by atoms with Crippen LogP contribution in [0.2, 0.25) is 0 Å². The Morgan fingerprint density at radius 3 is 2.18 bits per heavy atom. The average Bonchev–Trinajstić information content (AvgIpc) is 3.02. The zero-order chi connectivity index (χ0) is 20.3. The molecule has 0 saturated heterocycles. The van der Waals surface area contributed by atoms with Crippen molar-refractivity contribution in [1.82, 2.24) is 15.0 Å². The van der Waals surface area contributed by atoms with Crippen molar-refractivity contribution >= 4 is 23.5 Å². The first-order valence-corrected chi connectivity index (χ1v) is 8.22. The molecule has 9 nitrogen and oxygen atoms in total. The number of amides is 1. The number of carboxylic acid groups (broad SMARTS) is 2. The molecule has 0 aliphatic carbocycles. The maximum absolute atomic E-state index is 12.5. The van der Waals surface area contributed by atoms with E-state index in [2.05, 4.69) is 15.6 Å². The third kappa shape index (κ3) is 4.04. The third-order valence-electron chi connectivity index (χ3n) is 4.06. The Morgan fingerprint density at radius 1 is 1.00 bits per heavy atom. The van der Waals surface area contributed by atoms with E-state index in [1.807, 2.05) is 30.3 Å². The van der Waals surface area contributed by atoms with Gasteiger partial charge >= 0.3 is 11.9 Å². The summed E-state index contributed by atoms with van der Waals surface area (Å²) in [6.07, 6.45) is 0. The summed E-state index contributed by atoms with van der Waals surface area (Å²) < 4.78 is 1.57. The minimum Gasteiger partial charge on any atom is -0.478 e. The van der Waals surface area contributed by atoms with Crippen LogP contribution >= 0.6 is 0 Å². The van der Waals surface area contributed by atoms with Crippen LogP contribution in [0.1, 0.15) is 42.5 Å². The molecule has 142 valence electrons. The first-order valence-electron chi connectivity index (χ1n) is 8.22. The lowest BCUT2D eigenvalue weighted by atomic mass is 10.1. The minimum atomic E-state index is -1.30. The fourth-order valence-electron chi connectivity index (χ4n) is 2.61. The monoisotopic (exact) mass is 380 g/mol. The molecule has 0 radical (unpaired) electrons. The van der Waals surface area contributed by atoms with E-state index in [1.165, 1.54) is 12.1 Å². The van der Waals surface area contributed by atoms with Gasteiger partial charge in [-0.15, -0.1) is 5.10 Å². The van der Waals surface area contributed by atoms with E-state index >= 15 is 0 Å². The molecule has 1 aromatic heterocycles. The molecule has 1 amide bonds. The topological polar surface area (TPSA) is 134 Å². The molecular formula is C19H16N4O5. The van der Waals surface area contributed by atoms with Crippen molar-refractivity contribution in [2.45, 2.75) is 13.5 Å².